The molecule has 0 aromatic rings. The second-order valence-corrected chi connectivity index (χ2v) is 3.67. The van der Waals surface area contributed by atoms with Crippen molar-refractivity contribution in [3.05, 3.63) is 23.9 Å². The van der Waals surface area contributed by atoms with E-state index in [1.54, 1.807) is 18.2 Å². The zero-order chi connectivity index (χ0) is 7.61. The Balaban J connectivity index is 2.84. The van der Waals surface area contributed by atoms with Crippen molar-refractivity contribution in [1.82, 2.24) is 0 Å². The van der Waals surface area contributed by atoms with Crippen molar-refractivity contribution in [1.29, 1.82) is 5.26 Å². The summed E-state index contributed by atoms with van der Waals surface area (Å²) in [6, 6.07) is 2.12. The molecule has 0 aromatic heterocycles. The van der Waals surface area contributed by atoms with E-state index >= 15 is 0 Å². The molecule has 0 aliphatic heterocycles. The van der Waals surface area contributed by atoms with E-state index in [2.05, 4.69) is 22.0 Å². The topological polar surface area (TPSA) is 49.8 Å². The van der Waals surface area contributed by atoms with E-state index in [-0.39, 0.29) is 0 Å². The highest BCUT2D eigenvalue weighted by Crippen LogP contribution is 2.28. The maximum absolute atomic E-state index is 8.64. The molecule has 2 N–H and O–H groups in total. The fourth-order valence-electron chi connectivity index (χ4n) is 0.816. The van der Waals surface area contributed by atoms with Gasteiger partial charge in [0, 0.05) is 12.1 Å². The first-order valence-corrected chi connectivity index (χ1v) is 3.70. The van der Waals surface area contributed by atoms with E-state index in [0.717, 1.165) is 5.70 Å². The molecule has 1 rings (SSSR count). The molecule has 52 valence electrons. The van der Waals surface area contributed by atoms with E-state index in [1.165, 1.54) is 0 Å². The van der Waals surface area contributed by atoms with Crippen LogP contribution in [0.2, 0.25) is 0 Å². The van der Waals surface area contributed by atoms with Crippen molar-refractivity contribution in [2.75, 3.05) is 0 Å². The first kappa shape index (κ1) is 7.36. The first-order valence-electron chi connectivity index (χ1n) is 2.90. The predicted molar refractivity (Wildman–Crippen MR) is 43.3 cm³/mol. The fraction of sp³-hybridized carbons (Fsp3) is 0.286. The molecular formula is C7H7BrN2. The highest BCUT2D eigenvalue weighted by molar-refractivity contribution is 9.10. The summed E-state index contributed by atoms with van der Waals surface area (Å²) in [5.74, 6) is 0. The van der Waals surface area contributed by atoms with E-state index < -0.39 is 4.32 Å². The number of alkyl halides is 1. The summed E-state index contributed by atoms with van der Waals surface area (Å²) in [5, 5.41) is 8.64. The first-order chi connectivity index (χ1) is 4.66. The lowest BCUT2D eigenvalue weighted by atomic mass is 10.0. The molecule has 10 heavy (non-hydrogen) atoms. The minimum Gasteiger partial charge on any atom is -0.402 e. The van der Waals surface area contributed by atoms with Crippen LogP contribution < -0.4 is 5.73 Å². The monoisotopic (exact) mass is 198 g/mol. The lowest BCUT2D eigenvalue weighted by molar-refractivity contribution is 0.853. The zero-order valence-corrected chi connectivity index (χ0v) is 6.93. The van der Waals surface area contributed by atoms with Crippen molar-refractivity contribution in [2.45, 2.75) is 10.7 Å². The number of nitrogens with zero attached hydrogens (tertiary/aromatic N) is 1. The Labute approximate surface area is 68.1 Å². The van der Waals surface area contributed by atoms with Gasteiger partial charge in [0.05, 0.1) is 6.07 Å². The third-order valence-corrected chi connectivity index (χ3v) is 2.04. The van der Waals surface area contributed by atoms with E-state index in [1.807, 2.05) is 0 Å². The molecule has 3 heteroatoms. The smallest absolute Gasteiger partial charge is 0.136 e. The second-order valence-electron chi connectivity index (χ2n) is 2.25. The second kappa shape index (κ2) is 2.47. The molecule has 0 aromatic carbocycles. The Morgan fingerprint density at radius 3 is 2.90 bits per heavy atom. The lowest BCUT2D eigenvalue weighted by Gasteiger charge is -2.17. The minimum absolute atomic E-state index is 0.564. The van der Waals surface area contributed by atoms with Gasteiger partial charge in [-0.1, -0.05) is 28.1 Å². The molecular weight excluding hydrogens is 192 g/mol. The van der Waals surface area contributed by atoms with Gasteiger partial charge in [-0.3, -0.25) is 0 Å². The van der Waals surface area contributed by atoms with Crippen molar-refractivity contribution < 1.29 is 0 Å². The summed E-state index contributed by atoms with van der Waals surface area (Å²) in [6.07, 6.45) is 5.96. The van der Waals surface area contributed by atoms with Crippen LogP contribution in [0.5, 0.6) is 0 Å². The molecule has 1 aliphatic carbocycles. The van der Waals surface area contributed by atoms with Gasteiger partial charge in [-0.2, -0.15) is 5.26 Å². The highest BCUT2D eigenvalue weighted by atomic mass is 79.9. The van der Waals surface area contributed by atoms with Crippen LogP contribution in [0.15, 0.2) is 23.9 Å². The fourth-order valence-corrected chi connectivity index (χ4v) is 1.29. The average Bonchev–Trinajstić information content (AvgIpc) is 1.88. The summed E-state index contributed by atoms with van der Waals surface area (Å²) < 4.78 is -0.564. The van der Waals surface area contributed by atoms with Crippen molar-refractivity contribution in [2.24, 2.45) is 5.73 Å². The van der Waals surface area contributed by atoms with Crippen molar-refractivity contribution in [3.63, 3.8) is 0 Å². The minimum atomic E-state index is -0.564. The van der Waals surface area contributed by atoms with E-state index in [0.29, 0.717) is 6.42 Å². The Morgan fingerprint density at radius 2 is 2.50 bits per heavy atom. The molecule has 1 aliphatic rings. The molecule has 0 heterocycles. The van der Waals surface area contributed by atoms with Crippen LogP contribution >= 0.6 is 15.9 Å². The molecule has 0 amide bonds. The number of halogens is 1. The standard InChI is InChI=1S/C7H7BrN2/c8-7(5-9)3-1-2-6(10)4-7/h1-3H,4,10H2. The number of nitrogens with two attached hydrogens (primary N) is 1. The quantitative estimate of drug-likeness (QED) is 0.600. The van der Waals surface area contributed by atoms with Gasteiger partial charge in [-0.25, -0.2) is 0 Å². The average molecular weight is 199 g/mol. The molecule has 1 unspecified atom stereocenters. The molecule has 0 bridgehead atoms. The number of rotatable bonds is 0. The Bertz CT molecular complexity index is 236. The number of hydrogen-bond donors (Lipinski definition) is 1. The third-order valence-electron chi connectivity index (χ3n) is 1.32. The van der Waals surface area contributed by atoms with Crippen LogP contribution in [0.4, 0.5) is 0 Å². The van der Waals surface area contributed by atoms with E-state index in [9.17, 15) is 0 Å². The van der Waals surface area contributed by atoms with Gasteiger partial charge in [-0.15, -0.1) is 0 Å². The number of nitriles is 1. The van der Waals surface area contributed by atoms with Crippen LogP contribution in [-0.4, -0.2) is 4.32 Å². The summed E-state index contributed by atoms with van der Waals surface area (Å²) >= 11 is 3.27. The van der Waals surface area contributed by atoms with Crippen LogP contribution in [0.3, 0.4) is 0 Å². The van der Waals surface area contributed by atoms with Gasteiger partial charge < -0.3 is 5.73 Å². The van der Waals surface area contributed by atoms with Crippen molar-refractivity contribution in [3.8, 4) is 6.07 Å². The summed E-state index contributed by atoms with van der Waals surface area (Å²) in [6.45, 7) is 0. The summed E-state index contributed by atoms with van der Waals surface area (Å²) in [7, 11) is 0. The molecule has 0 saturated carbocycles. The Kier molecular flexibility index (Phi) is 1.82. The largest absolute Gasteiger partial charge is 0.402 e. The van der Waals surface area contributed by atoms with Gasteiger partial charge in [0.1, 0.15) is 4.32 Å². The predicted octanol–water partition coefficient (Wildman–Crippen LogP) is 1.45. The molecule has 0 radical (unpaired) electrons. The van der Waals surface area contributed by atoms with Gasteiger partial charge in [0.15, 0.2) is 0 Å². The molecule has 2 nitrogen and oxygen atoms in total. The van der Waals surface area contributed by atoms with E-state index in [4.69, 9.17) is 11.0 Å². The highest BCUT2D eigenvalue weighted by Gasteiger charge is 2.24. The van der Waals surface area contributed by atoms with Crippen molar-refractivity contribution >= 4 is 15.9 Å². The normalized spacial score (nSPS) is 31.0. The summed E-state index contributed by atoms with van der Waals surface area (Å²) in [5.41, 5.74) is 6.25. The molecule has 0 fully saturated rings. The Morgan fingerprint density at radius 1 is 1.80 bits per heavy atom. The molecule has 0 saturated heterocycles. The maximum atomic E-state index is 8.64. The van der Waals surface area contributed by atoms with Gasteiger partial charge in [-0.05, 0) is 6.08 Å². The molecule has 1 atom stereocenters. The van der Waals surface area contributed by atoms with Crippen LogP contribution in [-0.2, 0) is 0 Å². The maximum Gasteiger partial charge on any atom is 0.136 e. The summed E-state index contributed by atoms with van der Waals surface area (Å²) in [4.78, 5) is 0. The third kappa shape index (κ3) is 1.39. The van der Waals surface area contributed by atoms with Gasteiger partial charge >= 0.3 is 0 Å². The van der Waals surface area contributed by atoms with Crippen LogP contribution in [0, 0.1) is 11.3 Å². The van der Waals surface area contributed by atoms with Gasteiger partial charge in [0.2, 0.25) is 0 Å². The lowest BCUT2D eigenvalue weighted by Crippen LogP contribution is -2.20. The SMILES string of the molecule is N#CC1(Br)C=CC=C(N)C1. The molecule has 0 spiro atoms. The van der Waals surface area contributed by atoms with Crippen LogP contribution in [0.1, 0.15) is 6.42 Å². The number of allylic oxidation sites excluding steroid dienone is 4. The van der Waals surface area contributed by atoms with Crippen LogP contribution in [0.25, 0.3) is 0 Å². The van der Waals surface area contributed by atoms with Gasteiger partial charge in [0.25, 0.3) is 0 Å². The number of hydrogen-bond acceptors (Lipinski definition) is 2. The Hall–Kier alpha value is -0.750. The zero-order valence-electron chi connectivity index (χ0n) is 5.34.